The molecule has 0 saturated carbocycles. The van der Waals surface area contributed by atoms with Gasteiger partial charge in [0.2, 0.25) is 0 Å². The van der Waals surface area contributed by atoms with Crippen molar-refractivity contribution in [1.29, 1.82) is 0 Å². The molecule has 72 valence electrons. The first-order valence-electron chi connectivity index (χ1n) is 3.46. The molecule has 0 aliphatic carbocycles. The quantitative estimate of drug-likeness (QED) is 0.706. The summed E-state index contributed by atoms with van der Waals surface area (Å²) in [5.41, 5.74) is 4.42. The van der Waals surface area contributed by atoms with Gasteiger partial charge in [0.15, 0.2) is 0 Å². The molecule has 0 aliphatic heterocycles. The number of halogens is 4. The van der Waals surface area contributed by atoms with Crippen LogP contribution in [0.3, 0.4) is 0 Å². The van der Waals surface area contributed by atoms with Gasteiger partial charge in [0, 0.05) is 4.47 Å². The van der Waals surface area contributed by atoms with Gasteiger partial charge in [-0.2, -0.15) is 13.2 Å². The molecule has 1 nitrogen and oxygen atoms in total. The van der Waals surface area contributed by atoms with Crippen LogP contribution in [0.15, 0.2) is 16.6 Å². The Labute approximate surface area is 81.9 Å². The van der Waals surface area contributed by atoms with Crippen LogP contribution in [0, 0.1) is 6.92 Å². The van der Waals surface area contributed by atoms with Crippen LogP contribution in [0.4, 0.5) is 18.9 Å². The third kappa shape index (κ3) is 1.96. The number of nitrogens with two attached hydrogens (primary N) is 1. The lowest BCUT2D eigenvalue weighted by Gasteiger charge is -2.13. The molecule has 0 spiro atoms. The van der Waals surface area contributed by atoms with Crippen LogP contribution in [0.1, 0.15) is 11.1 Å². The van der Waals surface area contributed by atoms with E-state index in [1.807, 2.05) is 0 Å². The molecular weight excluding hydrogens is 247 g/mol. The lowest BCUT2D eigenvalue weighted by Crippen LogP contribution is -2.11. The van der Waals surface area contributed by atoms with Crippen LogP contribution < -0.4 is 5.73 Å². The van der Waals surface area contributed by atoms with Crippen molar-refractivity contribution in [3.63, 3.8) is 0 Å². The third-order valence-corrected chi connectivity index (χ3v) is 2.38. The zero-order chi connectivity index (χ0) is 10.2. The first-order chi connectivity index (χ1) is 5.84. The Kier molecular flexibility index (Phi) is 2.56. The van der Waals surface area contributed by atoms with E-state index in [1.54, 1.807) is 0 Å². The minimum Gasteiger partial charge on any atom is -0.397 e. The molecule has 1 aromatic carbocycles. The fourth-order valence-corrected chi connectivity index (χ4v) is 1.41. The van der Waals surface area contributed by atoms with Crippen LogP contribution >= 0.6 is 15.9 Å². The highest BCUT2D eigenvalue weighted by molar-refractivity contribution is 9.10. The molecule has 0 aliphatic rings. The van der Waals surface area contributed by atoms with Crippen molar-refractivity contribution in [2.24, 2.45) is 0 Å². The van der Waals surface area contributed by atoms with Gasteiger partial charge in [-0.1, -0.05) is 6.07 Å². The van der Waals surface area contributed by atoms with E-state index in [1.165, 1.54) is 19.1 Å². The summed E-state index contributed by atoms with van der Waals surface area (Å²) in [6.07, 6.45) is -4.39. The van der Waals surface area contributed by atoms with Crippen LogP contribution in [-0.2, 0) is 6.18 Å². The lowest BCUT2D eigenvalue weighted by molar-refractivity contribution is -0.137. The number of benzene rings is 1. The maximum Gasteiger partial charge on any atom is 0.418 e. The number of hydrogen-bond acceptors (Lipinski definition) is 1. The number of hydrogen-bond donors (Lipinski definition) is 1. The molecule has 5 heteroatoms. The topological polar surface area (TPSA) is 26.0 Å². The van der Waals surface area contributed by atoms with Crippen molar-refractivity contribution >= 4 is 21.6 Å². The smallest absolute Gasteiger partial charge is 0.397 e. The molecule has 1 aromatic rings. The van der Waals surface area contributed by atoms with Crippen molar-refractivity contribution in [2.75, 3.05) is 5.73 Å². The molecule has 0 bridgehead atoms. The second kappa shape index (κ2) is 3.21. The fraction of sp³-hybridized carbons (Fsp3) is 0.250. The second-order valence-electron chi connectivity index (χ2n) is 2.65. The van der Waals surface area contributed by atoms with Gasteiger partial charge >= 0.3 is 6.18 Å². The summed E-state index contributed by atoms with van der Waals surface area (Å²) in [4.78, 5) is 0. The van der Waals surface area contributed by atoms with Crippen molar-refractivity contribution in [3.8, 4) is 0 Å². The zero-order valence-corrected chi connectivity index (χ0v) is 8.33. The predicted octanol–water partition coefficient (Wildman–Crippen LogP) is 3.36. The van der Waals surface area contributed by atoms with Crippen molar-refractivity contribution in [1.82, 2.24) is 0 Å². The molecule has 0 heterocycles. The summed E-state index contributed by atoms with van der Waals surface area (Å²) in [5.74, 6) is 0. The molecule has 0 saturated heterocycles. The number of aryl methyl sites for hydroxylation is 1. The summed E-state index contributed by atoms with van der Waals surface area (Å²) in [6, 6.07) is 2.88. The molecule has 0 aromatic heterocycles. The lowest BCUT2D eigenvalue weighted by atomic mass is 10.1. The maximum atomic E-state index is 12.4. The van der Waals surface area contributed by atoms with Gasteiger partial charge in [-0.25, -0.2) is 0 Å². The minimum atomic E-state index is -4.39. The number of anilines is 1. The number of nitrogen functional groups attached to an aromatic ring is 1. The average molecular weight is 254 g/mol. The van der Waals surface area contributed by atoms with Crippen LogP contribution in [0.5, 0.6) is 0 Å². The van der Waals surface area contributed by atoms with E-state index in [4.69, 9.17) is 5.73 Å². The van der Waals surface area contributed by atoms with E-state index in [0.29, 0.717) is 0 Å². The molecule has 0 amide bonds. The summed E-state index contributed by atoms with van der Waals surface area (Å²) < 4.78 is 37.4. The molecule has 0 unspecified atom stereocenters. The maximum absolute atomic E-state index is 12.4. The normalized spacial score (nSPS) is 11.8. The van der Waals surface area contributed by atoms with E-state index < -0.39 is 11.7 Å². The van der Waals surface area contributed by atoms with E-state index >= 15 is 0 Å². The summed E-state index contributed by atoms with van der Waals surface area (Å²) in [6.45, 7) is 1.38. The highest BCUT2D eigenvalue weighted by atomic mass is 79.9. The largest absolute Gasteiger partial charge is 0.418 e. The van der Waals surface area contributed by atoms with Gasteiger partial charge in [-0.15, -0.1) is 0 Å². The molecule has 0 atom stereocenters. The van der Waals surface area contributed by atoms with Crippen LogP contribution in [0.2, 0.25) is 0 Å². The number of rotatable bonds is 0. The molecule has 0 fully saturated rings. The van der Waals surface area contributed by atoms with E-state index in [2.05, 4.69) is 15.9 Å². The Bertz CT molecular complexity index is 333. The van der Waals surface area contributed by atoms with E-state index in [0.717, 1.165) is 0 Å². The average Bonchev–Trinajstić information content (AvgIpc) is 1.95. The standard InChI is InChI=1S/C8H7BrF3N/c1-4-2-3-5(9)7(13)6(4)8(10,11)12/h2-3H,13H2,1H3. The summed E-state index contributed by atoms with van der Waals surface area (Å²) >= 11 is 2.95. The van der Waals surface area contributed by atoms with Gasteiger partial charge in [-0.05, 0) is 34.5 Å². The Morgan fingerprint density at radius 3 is 2.23 bits per heavy atom. The van der Waals surface area contributed by atoms with Crippen molar-refractivity contribution in [3.05, 3.63) is 27.7 Å². The van der Waals surface area contributed by atoms with Crippen LogP contribution in [-0.4, -0.2) is 0 Å². The minimum absolute atomic E-state index is 0.133. The Morgan fingerprint density at radius 2 is 1.85 bits per heavy atom. The fourth-order valence-electron chi connectivity index (χ4n) is 1.08. The monoisotopic (exact) mass is 253 g/mol. The number of alkyl halides is 3. The van der Waals surface area contributed by atoms with E-state index in [9.17, 15) is 13.2 Å². The Hall–Kier alpha value is -0.710. The van der Waals surface area contributed by atoms with Crippen molar-refractivity contribution in [2.45, 2.75) is 13.1 Å². The zero-order valence-electron chi connectivity index (χ0n) is 6.74. The molecular formula is C8H7BrF3N. The predicted molar refractivity (Wildman–Crippen MR) is 48.3 cm³/mol. The Balaban J connectivity index is 3.43. The van der Waals surface area contributed by atoms with Crippen LogP contribution in [0.25, 0.3) is 0 Å². The van der Waals surface area contributed by atoms with E-state index in [-0.39, 0.29) is 15.7 Å². The summed E-state index contributed by atoms with van der Waals surface area (Å²) in [5, 5.41) is 0. The first-order valence-corrected chi connectivity index (χ1v) is 4.25. The highest BCUT2D eigenvalue weighted by Gasteiger charge is 2.35. The summed E-state index contributed by atoms with van der Waals surface area (Å²) in [7, 11) is 0. The SMILES string of the molecule is Cc1ccc(Br)c(N)c1C(F)(F)F. The third-order valence-electron chi connectivity index (χ3n) is 1.68. The first kappa shape index (κ1) is 10.4. The van der Waals surface area contributed by atoms with Gasteiger partial charge in [0.05, 0.1) is 11.3 Å². The van der Waals surface area contributed by atoms with Crippen molar-refractivity contribution < 1.29 is 13.2 Å². The van der Waals surface area contributed by atoms with Gasteiger partial charge < -0.3 is 5.73 Å². The van der Waals surface area contributed by atoms with Gasteiger partial charge in [0.25, 0.3) is 0 Å². The van der Waals surface area contributed by atoms with Gasteiger partial charge in [0.1, 0.15) is 0 Å². The van der Waals surface area contributed by atoms with Gasteiger partial charge in [-0.3, -0.25) is 0 Å². The molecule has 0 radical (unpaired) electrons. The molecule has 13 heavy (non-hydrogen) atoms. The Morgan fingerprint density at radius 1 is 1.31 bits per heavy atom. The second-order valence-corrected chi connectivity index (χ2v) is 3.51. The highest BCUT2D eigenvalue weighted by Crippen LogP contribution is 2.38. The molecule has 2 N–H and O–H groups in total. The molecule has 1 rings (SSSR count).